The first-order chi connectivity index (χ1) is 6.88. The van der Waals surface area contributed by atoms with Crippen LogP contribution in [0.3, 0.4) is 0 Å². The Balaban J connectivity index is 2.46. The van der Waals surface area contributed by atoms with Crippen LogP contribution in [0.25, 0.3) is 0 Å². The summed E-state index contributed by atoms with van der Waals surface area (Å²) >= 11 is 6.04. The van der Waals surface area contributed by atoms with Crippen molar-refractivity contribution in [2.45, 2.75) is 32.2 Å². The van der Waals surface area contributed by atoms with Gasteiger partial charge in [0.15, 0.2) is 0 Å². The Kier molecular flexibility index (Phi) is 5.96. The number of hydrogen-bond acceptors (Lipinski definition) is 0. The molecule has 0 aliphatic rings. The molecule has 0 bridgehead atoms. The van der Waals surface area contributed by atoms with Gasteiger partial charge in [-0.05, 0) is 0 Å². The minimum absolute atomic E-state index is 0.837. The molecule has 0 saturated heterocycles. The first-order valence-electron chi connectivity index (χ1n) is 5.49. The summed E-state index contributed by atoms with van der Waals surface area (Å²) in [5.74, 6) is 0. The third-order valence-electron chi connectivity index (χ3n) is 2.61. The lowest BCUT2D eigenvalue weighted by Crippen LogP contribution is -2.31. The molecule has 1 unspecified atom stereocenters. The molecule has 78 valence electrons. The summed E-state index contributed by atoms with van der Waals surface area (Å²) in [5.41, 5.74) is 0.883. The highest BCUT2D eigenvalue weighted by Crippen LogP contribution is 2.05. The van der Waals surface area contributed by atoms with Gasteiger partial charge in [-0.1, -0.05) is 67.7 Å². The third kappa shape index (κ3) is 3.85. The van der Waals surface area contributed by atoms with Gasteiger partial charge in [0.25, 0.3) is 0 Å². The quantitative estimate of drug-likeness (QED) is 0.397. The molecule has 1 rings (SSSR count). The molecule has 0 amide bonds. The second-order valence-corrected chi connectivity index (χ2v) is 7.63. The summed E-state index contributed by atoms with van der Waals surface area (Å²) in [6.45, 7) is 2.25. The molecule has 0 spiro atoms. The van der Waals surface area contributed by atoms with Crippen LogP contribution in [0.15, 0.2) is 30.3 Å². The number of unbranched alkanes of at least 4 members (excludes halogenated alkanes) is 2. The monoisotopic (exact) mass is 226 g/mol. The number of alkyl halides is 1. The maximum absolute atomic E-state index is 6.04. The predicted octanol–water partition coefficient (Wildman–Crippen LogP) is 3.09. The van der Waals surface area contributed by atoms with Crippen LogP contribution in [0, 0.1) is 0 Å². The number of hydrogen-bond donors (Lipinski definition) is 0. The summed E-state index contributed by atoms with van der Waals surface area (Å²) in [4.78, 5) is 0. The number of halogens is 1. The van der Waals surface area contributed by atoms with Crippen LogP contribution >= 0.6 is 11.6 Å². The van der Waals surface area contributed by atoms with E-state index >= 15 is 0 Å². The Morgan fingerprint density at radius 1 is 1.14 bits per heavy atom. The summed E-state index contributed by atoms with van der Waals surface area (Å²) in [7, 11) is -0.837. The van der Waals surface area contributed by atoms with Gasteiger partial charge in [-0.2, -0.15) is 0 Å². The summed E-state index contributed by atoms with van der Waals surface area (Å²) in [6, 6.07) is 12.2. The van der Waals surface area contributed by atoms with Crippen molar-refractivity contribution in [1.29, 1.82) is 0 Å². The van der Waals surface area contributed by atoms with Crippen LogP contribution in [0.4, 0.5) is 0 Å². The second-order valence-electron chi connectivity index (χ2n) is 3.76. The van der Waals surface area contributed by atoms with Crippen LogP contribution in [0.5, 0.6) is 0 Å². The van der Waals surface area contributed by atoms with E-state index in [0.717, 1.165) is 5.50 Å². The SMILES string of the molecule is CCCCC[SiH](CCl)c1ccccc1. The smallest absolute Gasteiger partial charge is 0.0867 e. The summed E-state index contributed by atoms with van der Waals surface area (Å²) in [5, 5.41) is 1.53. The van der Waals surface area contributed by atoms with Crippen LogP contribution < -0.4 is 5.19 Å². The van der Waals surface area contributed by atoms with Crippen molar-refractivity contribution in [2.24, 2.45) is 0 Å². The highest BCUT2D eigenvalue weighted by molar-refractivity contribution is 6.78. The second kappa shape index (κ2) is 7.08. The Morgan fingerprint density at radius 3 is 2.43 bits per heavy atom. The fourth-order valence-electron chi connectivity index (χ4n) is 1.70. The van der Waals surface area contributed by atoms with E-state index in [2.05, 4.69) is 37.3 Å². The Morgan fingerprint density at radius 2 is 1.86 bits per heavy atom. The topological polar surface area (TPSA) is 0 Å². The minimum Gasteiger partial charge on any atom is -0.130 e. The zero-order valence-electron chi connectivity index (χ0n) is 8.88. The number of benzene rings is 1. The molecule has 0 saturated carbocycles. The van der Waals surface area contributed by atoms with Gasteiger partial charge in [0.05, 0.1) is 8.80 Å². The van der Waals surface area contributed by atoms with Crippen molar-refractivity contribution in [1.82, 2.24) is 0 Å². The van der Waals surface area contributed by atoms with E-state index in [4.69, 9.17) is 11.6 Å². The van der Waals surface area contributed by atoms with Gasteiger partial charge in [-0.15, -0.1) is 11.6 Å². The van der Waals surface area contributed by atoms with Crippen LogP contribution in [0.1, 0.15) is 26.2 Å². The van der Waals surface area contributed by atoms with E-state index < -0.39 is 8.80 Å². The average molecular weight is 227 g/mol. The van der Waals surface area contributed by atoms with Gasteiger partial charge in [0.1, 0.15) is 0 Å². The Labute approximate surface area is 93.9 Å². The van der Waals surface area contributed by atoms with E-state index in [0.29, 0.717) is 0 Å². The first-order valence-corrected chi connectivity index (χ1v) is 8.24. The van der Waals surface area contributed by atoms with Crippen molar-refractivity contribution < 1.29 is 0 Å². The number of rotatable bonds is 6. The van der Waals surface area contributed by atoms with E-state index in [1.807, 2.05) is 0 Å². The largest absolute Gasteiger partial charge is 0.130 e. The molecular weight excluding hydrogens is 208 g/mol. The molecule has 1 aromatic rings. The maximum atomic E-state index is 6.04. The fraction of sp³-hybridized carbons (Fsp3) is 0.500. The van der Waals surface area contributed by atoms with Gasteiger partial charge >= 0.3 is 0 Å². The van der Waals surface area contributed by atoms with Crippen molar-refractivity contribution in [2.75, 3.05) is 5.50 Å². The van der Waals surface area contributed by atoms with Crippen LogP contribution in [0.2, 0.25) is 6.04 Å². The molecule has 0 heterocycles. The standard InChI is InChI=1S/C12H19ClSi/c1-2-3-7-10-14(11-13)12-8-5-4-6-9-12/h4-6,8-9,14H,2-3,7,10-11H2,1H3. The van der Waals surface area contributed by atoms with E-state index in [9.17, 15) is 0 Å². The molecule has 0 aromatic heterocycles. The van der Waals surface area contributed by atoms with E-state index in [1.165, 1.54) is 30.5 Å². The average Bonchev–Trinajstić information content (AvgIpc) is 2.26. The zero-order valence-corrected chi connectivity index (χ0v) is 10.8. The lowest BCUT2D eigenvalue weighted by Gasteiger charge is -2.11. The summed E-state index contributed by atoms with van der Waals surface area (Å²) < 4.78 is 0. The predicted molar refractivity (Wildman–Crippen MR) is 68.3 cm³/mol. The maximum Gasteiger partial charge on any atom is 0.0867 e. The molecule has 2 heteroatoms. The van der Waals surface area contributed by atoms with Crippen molar-refractivity contribution in [3.05, 3.63) is 30.3 Å². The van der Waals surface area contributed by atoms with Crippen molar-refractivity contribution >= 4 is 25.6 Å². The highest BCUT2D eigenvalue weighted by Gasteiger charge is 2.10. The molecule has 1 aromatic carbocycles. The van der Waals surface area contributed by atoms with E-state index in [-0.39, 0.29) is 0 Å². The first kappa shape index (κ1) is 11.8. The Hall–Kier alpha value is -0.273. The third-order valence-corrected chi connectivity index (χ3v) is 6.54. The lowest BCUT2D eigenvalue weighted by molar-refractivity contribution is 0.767. The molecule has 0 radical (unpaired) electrons. The Bertz CT molecular complexity index is 235. The van der Waals surface area contributed by atoms with Gasteiger partial charge in [0.2, 0.25) is 0 Å². The van der Waals surface area contributed by atoms with E-state index in [1.54, 1.807) is 0 Å². The molecule has 14 heavy (non-hydrogen) atoms. The zero-order chi connectivity index (χ0) is 10.2. The normalized spacial score (nSPS) is 12.7. The fourth-order valence-corrected chi connectivity index (χ4v) is 4.91. The highest BCUT2D eigenvalue weighted by atomic mass is 35.5. The van der Waals surface area contributed by atoms with Gasteiger partial charge in [-0.3, -0.25) is 0 Å². The van der Waals surface area contributed by atoms with Crippen molar-refractivity contribution in [3.63, 3.8) is 0 Å². The molecule has 0 N–H and O–H groups in total. The molecule has 0 nitrogen and oxygen atoms in total. The molecule has 0 aliphatic carbocycles. The minimum atomic E-state index is -0.837. The van der Waals surface area contributed by atoms with Crippen LogP contribution in [-0.2, 0) is 0 Å². The summed E-state index contributed by atoms with van der Waals surface area (Å²) in [6.07, 6.45) is 4.01. The van der Waals surface area contributed by atoms with Gasteiger partial charge < -0.3 is 0 Å². The van der Waals surface area contributed by atoms with Crippen molar-refractivity contribution in [3.8, 4) is 0 Å². The molecule has 0 aliphatic heterocycles. The van der Waals surface area contributed by atoms with Gasteiger partial charge in [-0.25, -0.2) is 0 Å². The molecule has 0 fully saturated rings. The molecule has 1 atom stereocenters. The van der Waals surface area contributed by atoms with Gasteiger partial charge in [0, 0.05) is 5.50 Å². The van der Waals surface area contributed by atoms with Crippen LogP contribution in [-0.4, -0.2) is 14.3 Å². The lowest BCUT2D eigenvalue weighted by atomic mass is 10.3. The molecular formula is C12H19ClSi.